The Balaban J connectivity index is 1.33. The molecule has 4 aromatic rings. The average molecular weight is 436 g/mol. The van der Waals surface area contributed by atoms with Crippen molar-refractivity contribution < 1.29 is 9.71 Å². The molecule has 0 saturated heterocycles. The van der Waals surface area contributed by atoms with Crippen LogP contribution >= 0.6 is 11.3 Å². The van der Waals surface area contributed by atoms with Crippen molar-refractivity contribution in [2.24, 2.45) is 0 Å². The van der Waals surface area contributed by atoms with E-state index in [1.165, 1.54) is 21.1 Å². The van der Waals surface area contributed by atoms with Crippen LogP contribution in [0.4, 0.5) is 4.39 Å². The third kappa shape index (κ3) is 4.16. The lowest BCUT2D eigenvalue weighted by atomic mass is 9.93. The van der Waals surface area contributed by atoms with E-state index in [1.54, 1.807) is 42.1 Å². The van der Waals surface area contributed by atoms with Gasteiger partial charge in [-0.2, -0.15) is 0 Å². The van der Waals surface area contributed by atoms with E-state index in [9.17, 15) is 9.18 Å². The normalized spacial score (nSPS) is 15.8. The molecule has 0 bridgehead atoms. The number of aromatic nitrogens is 3. The summed E-state index contributed by atoms with van der Waals surface area (Å²) in [5.41, 5.74) is 2.84. The standard InChI is InChI=1S/C24H23FN4OS/c25-20-6-2-1-5-17(20)14-29-15-28-23-22(24(29)30)19-8-7-18(12-21(19)31-23)27-11-9-16-4-3-10-26-13-16/h1-6,10,13,15,18,27H,7-9,11-12,14H2/p+1. The van der Waals surface area contributed by atoms with Crippen LogP contribution in [0.5, 0.6) is 0 Å². The van der Waals surface area contributed by atoms with Crippen LogP contribution in [0.15, 0.2) is 59.9 Å². The van der Waals surface area contributed by atoms with Crippen molar-refractivity contribution in [1.29, 1.82) is 0 Å². The first kappa shape index (κ1) is 20.0. The Bertz CT molecular complexity index is 1270. The maximum Gasteiger partial charge on any atom is 0.262 e. The van der Waals surface area contributed by atoms with Gasteiger partial charge in [-0.3, -0.25) is 14.3 Å². The molecule has 0 amide bonds. The second kappa shape index (κ2) is 8.69. The van der Waals surface area contributed by atoms with Crippen LogP contribution in [0.2, 0.25) is 0 Å². The lowest BCUT2D eigenvalue weighted by Crippen LogP contribution is -2.91. The largest absolute Gasteiger partial charge is 0.343 e. The molecule has 0 aliphatic heterocycles. The van der Waals surface area contributed by atoms with Gasteiger partial charge in [0.25, 0.3) is 5.56 Å². The predicted molar refractivity (Wildman–Crippen MR) is 120 cm³/mol. The van der Waals surface area contributed by atoms with Gasteiger partial charge in [0.05, 0.1) is 30.8 Å². The molecule has 158 valence electrons. The first-order valence-corrected chi connectivity index (χ1v) is 11.5. The smallest absolute Gasteiger partial charge is 0.262 e. The quantitative estimate of drug-likeness (QED) is 0.507. The molecule has 0 radical (unpaired) electrons. The minimum absolute atomic E-state index is 0.0650. The van der Waals surface area contributed by atoms with Crippen molar-refractivity contribution in [3.05, 3.63) is 92.9 Å². The Labute approximate surface area is 183 Å². The van der Waals surface area contributed by atoms with Gasteiger partial charge in [-0.1, -0.05) is 24.3 Å². The lowest BCUT2D eigenvalue weighted by molar-refractivity contribution is -0.689. The van der Waals surface area contributed by atoms with Crippen molar-refractivity contribution in [3.63, 3.8) is 0 Å². The zero-order chi connectivity index (χ0) is 21.2. The number of pyridine rings is 1. The first-order valence-electron chi connectivity index (χ1n) is 10.6. The fourth-order valence-corrected chi connectivity index (χ4v) is 5.65. The van der Waals surface area contributed by atoms with E-state index in [1.807, 2.05) is 12.3 Å². The third-order valence-electron chi connectivity index (χ3n) is 6.03. The molecule has 1 aliphatic carbocycles. The molecule has 7 heteroatoms. The van der Waals surface area contributed by atoms with E-state index in [0.717, 1.165) is 48.0 Å². The average Bonchev–Trinajstić information content (AvgIpc) is 3.16. The molecule has 5 nitrogen and oxygen atoms in total. The van der Waals surface area contributed by atoms with Crippen LogP contribution in [0.3, 0.4) is 0 Å². The highest BCUT2D eigenvalue weighted by Gasteiger charge is 2.27. The topological polar surface area (TPSA) is 64.4 Å². The zero-order valence-corrected chi connectivity index (χ0v) is 17.9. The summed E-state index contributed by atoms with van der Waals surface area (Å²) in [6.45, 7) is 1.23. The zero-order valence-electron chi connectivity index (χ0n) is 17.1. The van der Waals surface area contributed by atoms with Crippen molar-refractivity contribution in [2.45, 2.75) is 38.3 Å². The van der Waals surface area contributed by atoms with Crippen molar-refractivity contribution in [3.8, 4) is 0 Å². The third-order valence-corrected chi connectivity index (χ3v) is 7.19. The number of fused-ring (bicyclic) bond motifs is 3. The Morgan fingerprint density at radius 3 is 2.97 bits per heavy atom. The monoisotopic (exact) mass is 435 g/mol. The Hall–Kier alpha value is -2.90. The molecule has 1 aliphatic rings. The number of halogens is 1. The second-order valence-corrected chi connectivity index (χ2v) is 9.18. The van der Waals surface area contributed by atoms with E-state index in [2.05, 4.69) is 21.4 Å². The van der Waals surface area contributed by atoms with Gasteiger partial charge >= 0.3 is 0 Å². The highest BCUT2D eigenvalue weighted by Crippen LogP contribution is 2.33. The number of rotatable bonds is 6. The van der Waals surface area contributed by atoms with E-state index < -0.39 is 0 Å². The predicted octanol–water partition coefficient (Wildman–Crippen LogP) is 2.70. The van der Waals surface area contributed by atoms with Gasteiger partial charge in [0.15, 0.2) is 0 Å². The maximum absolute atomic E-state index is 14.0. The van der Waals surface area contributed by atoms with E-state index in [4.69, 9.17) is 0 Å². The molecule has 3 aromatic heterocycles. The van der Waals surface area contributed by atoms with Gasteiger partial charge in [-0.05, 0) is 29.7 Å². The fourth-order valence-electron chi connectivity index (χ4n) is 4.38. The van der Waals surface area contributed by atoms with Gasteiger partial charge in [-0.25, -0.2) is 9.37 Å². The molecule has 1 aromatic carbocycles. The molecule has 0 fully saturated rings. The van der Waals surface area contributed by atoms with Crippen molar-refractivity contribution in [2.75, 3.05) is 6.54 Å². The summed E-state index contributed by atoms with van der Waals surface area (Å²) in [5.74, 6) is -0.300. The summed E-state index contributed by atoms with van der Waals surface area (Å²) in [5, 5.41) is 3.15. The van der Waals surface area contributed by atoms with E-state index in [-0.39, 0.29) is 17.9 Å². The maximum atomic E-state index is 14.0. The lowest BCUT2D eigenvalue weighted by Gasteiger charge is -2.20. The summed E-state index contributed by atoms with van der Waals surface area (Å²) in [6, 6.07) is 11.2. The molecule has 1 unspecified atom stereocenters. The molecule has 0 saturated carbocycles. The number of quaternary nitrogens is 1. The Morgan fingerprint density at radius 2 is 2.13 bits per heavy atom. The summed E-state index contributed by atoms with van der Waals surface area (Å²) in [6.07, 6.45) is 9.20. The summed E-state index contributed by atoms with van der Waals surface area (Å²) in [7, 11) is 0. The number of aryl methyl sites for hydroxylation is 1. The van der Waals surface area contributed by atoms with Crippen LogP contribution in [-0.2, 0) is 25.8 Å². The molecule has 31 heavy (non-hydrogen) atoms. The molecule has 0 spiro atoms. The van der Waals surface area contributed by atoms with Crippen LogP contribution in [-0.4, -0.2) is 27.1 Å². The minimum Gasteiger partial charge on any atom is -0.343 e. The highest BCUT2D eigenvalue weighted by atomic mass is 32.1. The number of nitrogens with zero attached hydrogens (tertiary/aromatic N) is 3. The van der Waals surface area contributed by atoms with Crippen molar-refractivity contribution >= 4 is 21.6 Å². The molecular formula is C24H24FN4OS+. The van der Waals surface area contributed by atoms with Gasteiger partial charge in [0.2, 0.25) is 0 Å². The van der Waals surface area contributed by atoms with Gasteiger partial charge in [0, 0.05) is 42.1 Å². The molecule has 1 atom stereocenters. The highest BCUT2D eigenvalue weighted by molar-refractivity contribution is 7.18. The number of hydrogen-bond acceptors (Lipinski definition) is 4. The summed E-state index contributed by atoms with van der Waals surface area (Å²) in [4.78, 5) is 24.0. The molecule has 5 rings (SSSR count). The van der Waals surface area contributed by atoms with Gasteiger partial charge in [-0.15, -0.1) is 11.3 Å². The SMILES string of the molecule is O=c1c2c3c(sc2ncn1Cc1ccccc1F)CC([NH2+]CCc1cccnc1)CC3. The van der Waals surface area contributed by atoms with Crippen LogP contribution in [0.1, 0.15) is 28.0 Å². The first-order chi connectivity index (χ1) is 15.2. The van der Waals surface area contributed by atoms with E-state index in [0.29, 0.717) is 11.6 Å². The number of hydrogen-bond donors (Lipinski definition) is 1. The molecule has 3 heterocycles. The number of nitrogens with two attached hydrogens (primary N) is 1. The second-order valence-electron chi connectivity index (χ2n) is 8.09. The minimum atomic E-state index is -0.300. The number of thiophene rings is 1. The van der Waals surface area contributed by atoms with Gasteiger partial charge in [0.1, 0.15) is 10.6 Å². The number of benzene rings is 1. The molecule has 2 N–H and O–H groups in total. The van der Waals surface area contributed by atoms with Crippen LogP contribution in [0, 0.1) is 5.82 Å². The Morgan fingerprint density at radius 1 is 1.23 bits per heavy atom. The van der Waals surface area contributed by atoms with Crippen LogP contribution < -0.4 is 10.9 Å². The van der Waals surface area contributed by atoms with Gasteiger partial charge < -0.3 is 5.32 Å². The van der Waals surface area contributed by atoms with E-state index >= 15 is 0 Å². The summed E-state index contributed by atoms with van der Waals surface area (Å²) < 4.78 is 15.6. The van der Waals surface area contributed by atoms with Crippen LogP contribution in [0.25, 0.3) is 10.2 Å². The Kier molecular flexibility index (Phi) is 5.61. The summed E-state index contributed by atoms with van der Waals surface area (Å²) >= 11 is 1.64. The van der Waals surface area contributed by atoms with Crippen molar-refractivity contribution in [1.82, 2.24) is 14.5 Å². The fraction of sp³-hybridized carbons (Fsp3) is 0.292. The molecular weight excluding hydrogens is 411 g/mol.